The number of rotatable bonds is 5. The fourth-order valence-electron chi connectivity index (χ4n) is 3.33. The molecule has 0 spiro atoms. The number of hydrogen-bond donors (Lipinski definition) is 2. The lowest BCUT2D eigenvalue weighted by Gasteiger charge is -2.34. The lowest BCUT2D eigenvalue weighted by Crippen LogP contribution is -2.45. The van der Waals surface area contributed by atoms with Gasteiger partial charge in [-0.2, -0.15) is 4.31 Å². The standard InChI is InChI=1S/C20H22ClFN2O4S/c1-2-13-12-24(9-8-19(13)25)29(27,28)16-5-3-4-14(10-16)20(26)23-15-6-7-18(22)17(21)11-15/h3-7,10-11,13,19,25H,2,8-9,12H2,1H3,(H,23,26). The Kier molecular flexibility index (Phi) is 6.58. The molecule has 2 unspecified atom stereocenters. The van der Waals surface area contributed by atoms with Crippen LogP contribution in [0.15, 0.2) is 47.4 Å². The van der Waals surface area contributed by atoms with Crippen LogP contribution in [0.25, 0.3) is 0 Å². The minimum Gasteiger partial charge on any atom is -0.393 e. The molecule has 2 atom stereocenters. The Hall–Kier alpha value is -2.00. The van der Waals surface area contributed by atoms with Gasteiger partial charge in [-0.15, -0.1) is 0 Å². The van der Waals surface area contributed by atoms with Crippen molar-refractivity contribution in [3.8, 4) is 0 Å². The van der Waals surface area contributed by atoms with Crippen LogP contribution in [0.5, 0.6) is 0 Å². The molecule has 1 aliphatic heterocycles. The van der Waals surface area contributed by atoms with Gasteiger partial charge >= 0.3 is 0 Å². The van der Waals surface area contributed by atoms with Crippen LogP contribution < -0.4 is 5.32 Å². The fraction of sp³-hybridized carbons (Fsp3) is 0.350. The van der Waals surface area contributed by atoms with E-state index in [4.69, 9.17) is 11.6 Å². The van der Waals surface area contributed by atoms with Crippen LogP contribution in [-0.4, -0.2) is 42.9 Å². The van der Waals surface area contributed by atoms with Gasteiger partial charge in [-0.05, 0) is 55.2 Å². The summed E-state index contributed by atoms with van der Waals surface area (Å²) < 4.78 is 40.7. The highest BCUT2D eigenvalue weighted by Gasteiger charge is 2.34. The second-order valence-electron chi connectivity index (χ2n) is 7.00. The maximum Gasteiger partial charge on any atom is 0.255 e. The molecule has 1 aliphatic rings. The van der Waals surface area contributed by atoms with E-state index in [-0.39, 0.29) is 34.5 Å². The summed E-state index contributed by atoms with van der Waals surface area (Å²) in [4.78, 5) is 12.5. The van der Waals surface area contributed by atoms with Gasteiger partial charge in [0.2, 0.25) is 10.0 Å². The summed E-state index contributed by atoms with van der Waals surface area (Å²) in [5, 5.41) is 12.5. The van der Waals surface area contributed by atoms with Crippen LogP contribution in [0.4, 0.5) is 10.1 Å². The quantitative estimate of drug-likeness (QED) is 0.744. The van der Waals surface area contributed by atoms with E-state index >= 15 is 0 Å². The van der Waals surface area contributed by atoms with Crippen molar-refractivity contribution in [3.05, 3.63) is 58.9 Å². The number of halogens is 2. The average molecular weight is 441 g/mol. The van der Waals surface area contributed by atoms with Gasteiger partial charge in [-0.25, -0.2) is 12.8 Å². The molecule has 2 N–H and O–H groups in total. The van der Waals surface area contributed by atoms with E-state index in [0.717, 1.165) is 6.07 Å². The highest BCUT2D eigenvalue weighted by Crippen LogP contribution is 2.26. The first kappa shape index (κ1) is 21.7. The molecule has 2 aromatic rings. The zero-order chi connectivity index (χ0) is 21.2. The van der Waals surface area contributed by atoms with E-state index in [2.05, 4.69) is 5.32 Å². The Labute approximate surface area is 174 Å². The largest absolute Gasteiger partial charge is 0.393 e. The van der Waals surface area contributed by atoms with E-state index in [1.54, 1.807) is 0 Å². The average Bonchev–Trinajstić information content (AvgIpc) is 2.71. The molecule has 6 nitrogen and oxygen atoms in total. The molecule has 0 saturated carbocycles. The minimum absolute atomic E-state index is 0.00790. The number of carbonyl (C=O) groups excluding carboxylic acids is 1. The maximum absolute atomic E-state index is 13.3. The molecule has 3 rings (SSSR count). The lowest BCUT2D eigenvalue weighted by atomic mass is 9.94. The van der Waals surface area contributed by atoms with Crippen molar-refractivity contribution >= 4 is 33.2 Å². The number of amides is 1. The van der Waals surface area contributed by atoms with Crippen molar-refractivity contribution in [1.82, 2.24) is 4.31 Å². The molecule has 1 amide bonds. The Morgan fingerprint density at radius 3 is 2.76 bits per heavy atom. The highest BCUT2D eigenvalue weighted by atomic mass is 35.5. The normalized spacial score (nSPS) is 20.4. The van der Waals surface area contributed by atoms with E-state index in [1.807, 2.05) is 6.92 Å². The molecule has 2 aromatic carbocycles. The zero-order valence-electron chi connectivity index (χ0n) is 15.8. The maximum atomic E-state index is 13.3. The SMILES string of the molecule is CCC1CN(S(=O)(=O)c2cccc(C(=O)Nc3ccc(F)c(Cl)c3)c2)CCC1O. The number of nitrogens with zero attached hydrogens (tertiary/aromatic N) is 1. The van der Waals surface area contributed by atoms with Gasteiger partial charge in [0.25, 0.3) is 5.91 Å². The molecule has 1 fully saturated rings. The predicted octanol–water partition coefficient (Wildman–Crippen LogP) is 3.51. The number of piperidine rings is 1. The van der Waals surface area contributed by atoms with Gasteiger partial charge in [0, 0.05) is 24.3 Å². The minimum atomic E-state index is -3.80. The van der Waals surface area contributed by atoms with Crippen molar-refractivity contribution in [1.29, 1.82) is 0 Å². The van der Waals surface area contributed by atoms with Gasteiger partial charge in [0.1, 0.15) is 5.82 Å². The van der Waals surface area contributed by atoms with E-state index in [0.29, 0.717) is 18.5 Å². The van der Waals surface area contributed by atoms with E-state index in [9.17, 15) is 22.7 Å². The molecule has 9 heteroatoms. The summed E-state index contributed by atoms with van der Waals surface area (Å²) in [6.07, 6.45) is 0.546. The number of benzene rings is 2. The number of nitrogens with one attached hydrogen (secondary N) is 1. The first-order chi connectivity index (χ1) is 13.7. The van der Waals surface area contributed by atoms with Gasteiger partial charge in [0.05, 0.1) is 16.0 Å². The Morgan fingerprint density at radius 1 is 1.31 bits per heavy atom. The summed E-state index contributed by atoms with van der Waals surface area (Å²) in [6.45, 7) is 2.38. The van der Waals surface area contributed by atoms with Gasteiger partial charge in [-0.1, -0.05) is 24.6 Å². The van der Waals surface area contributed by atoms with Gasteiger partial charge in [0.15, 0.2) is 0 Å². The van der Waals surface area contributed by atoms with Crippen LogP contribution in [0.2, 0.25) is 5.02 Å². The Morgan fingerprint density at radius 2 is 2.07 bits per heavy atom. The van der Waals surface area contributed by atoms with Crippen LogP contribution in [-0.2, 0) is 10.0 Å². The molecule has 29 heavy (non-hydrogen) atoms. The molecule has 1 heterocycles. The van der Waals surface area contributed by atoms with E-state index in [1.165, 1.54) is 40.7 Å². The van der Waals surface area contributed by atoms with Crippen LogP contribution in [0.1, 0.15) is 30.1 Å². The molecular formula is C20H22ClFN2O4S. The topological polar surface area (TPSA) is 86.7 Å². The molecule has 0 bridgehead atoms. The predicted molar refractivity (Wildman–Crippen MR) is 109 cm³/mol. The van der Waals surface area contributed by atoms with Gasteiger partial charge < -0.3 is 10.4 Å². The first-order valence-corrected chi connectivity index (χ1v) is 11.1. The summed E-state index contributed by atoms with van der Waals surface area (Å²) in [6, 6.07) is 9.51. The number of aliphatic hydroxyl groups is 1. The molecule has 0 aromatic heterocycles. The fourth-order valence-corrected chi connectivity index (χ4v) is 5.07. The monoisotopic (exact) mass is 440 g/mol. The molecule has 0 aliphatic carbocycles. The summed E-state index contributed by atoms with van der Waals surface area (Å²) in [5.41, 5.74) is 0.445. The van der Waals surface area contributed by atoms with Crippen molar-refractivity contribution in [2.24, 2.45) is 5.92 Å². The molecule has 0 radical (unpaired) electrons. The van der Waals surface area contributed by atoms with Crippen molar-refractivity contribution in [2.45, 2.75) is 30.8 Å². The highest BCUT2D eigenvalue weighted by molar-refractivity contribution is 7.89. The third-order valence-electron chi connectivity index (χ3n) is 5.09. The number of anilines is 1. The van der Waals surface area contributed by atoms with Crippen LogP contribution in [0.3, 0.4) is 0 Å². The summed E-state index contributed by atoms with van der Waals surface area (Å²) >= 11 is 5.72. The smallest absolute Gasteiger partial charge is 0.255 e. The van der Waals surface area contributed by atoms with Crippen molar-refractivity contribution < 1.29 is 22.7 Å². The van der Waals surface area contributed by atoms with E-state index < -0.39 is 27.9 Å². The lowest BCUT2D eigenvalue weighted by molar-refractivity contribution is 0.0521. The van der Waals surface area contributed by atoms with Crippen LogP contribution >= 0.6 is 11.6 Å². The van der Waals surface area contributed by atoms with Gasteiger partial charge in [-0.3, -0.25) is 4.79 Å². The third kappa shape index (κ3) is 4.78. The number of carbonyl (C=O) groups is 1. The third-order valence-corrected chi connectivity index (χ3v) is 7.24. The number of aliphatic hydroxyl groups excluding tert-OH is 1. The van der Waals surface area contributed by atoms with Crippen molar-refractivity contribution in [2.75, 3.05) is 18.4 Å². The Balaban J connectivity index is 1.81. The first-order valence-electron chi connectivity index (χ1n) is 9.27. The zero-order valence-corrected chi connectivity index (χ0v) is 17.4. The number of sulfonamides is 1. The Bertz CT molecular complexity index is 1020. The second kappa shape index (κ2) is 8.79. The van der Waals surface area contributed by atoms with Crippen molar-refractivity contribution in [3.63, 3.8) is 0 Å². The second-order valence-corrected chi connectivity index (χ2v) is 9.34. The number of hydrogen-bond acceptors (Lipinski definition) is 4. The molecular weight excluding hydrogens is 419 g/mol. The van der Waals surface area contributed by atoms with Crippen LogP contribution in [0, 0.1) is 11.7 Å². The summed E-state index contributed by atoms with van der Waals surface area (Å²) in [7, 11) is -3.80. The molecule has 1 saturated heterocycles. The molecule has 156 valence electrons. The summed E-state index contributed by atoms with van der Waals surface area (Å²) in [5.74, 6) is -1.26.